The van der Waals surface area contributed by atoms with Gasteiger partial charge in [-0.3, -0.25) is 0 Å². The van der Waals surface area contributed by atoms with Gasteiger partial charge >= 0.3 is 0 Å². The quantitative estimate of drug-likeness (QED) is 0.475. The molecule has 3 aromatic rings. The van der Waals surface area contributed by atoms with Crippen LogP contribution in [-0.2, 0) is 0 Å². The van der Waals surface area contributed by atoms with E-state index in [0.717, 1.165) is 39.4 Å². The molecule has 0 unspecified atom stereocenters. The molecule has 0 aliphatic heterocycles. The van der Waals surface area contributed by atoms with Gasteiger partial charge in [0.1, 0.15) is 0 Å². The lowest BCUT2D eigenvalue weighted by Gasteiger charge is -2.13. The van der Waals surface area contributed by atoms with Gasteiger partial charge in [-0.15, -0.1) is 11.3 Å². The molecule has 0 spiro atoms. The molecule has 4 nitrogen and oxygen atoms in total. The fourth-order valence-corrected chi connectivity index (χ4v) is 3.19. The van der Waals surface area contributed by atoms with Gasteiger partial charge < -0.3 is 10.2 Å². The lowest BCUT2D eigenvalue weighted by molar-refractivity contribution is 0.552. The van der Waals surface area contributed by atoms with Crippen molar-refractivity contribution in [3.8, 4) is 0 Å². The summed E-state index contributed by atoms with van der Waals surface area (Å²) in [5, 5.41) is 4.01. The first-order valence-electron chi connectivity index (χ1n) is 7.71. The van der Waals surface area contributed by atoms with Crippen LogP contribution in [0.5, 0.6) is 0 Å². The molecule has 6 heteroatoms. The third-order valence-corrected chi connectivity index (χ3v) is 4.89. The first-order valence-corrected chi connectivity index (χ1v) is 8.97. The molecule has 0 atom stereocenters. The van der Waals surface area contributed by atoms with Gasteiger partial charge in [-0.25, -0.2) is 9.98 Å². The predicted octanol–water partition coefficient (Wildman–Crippen LogP) is 5.61. The van der Waals surface area contributed by atoms with E-state index in [1.165, 1.54) is 0 Å². The minimum absolute atomic E-state index is 0.616. The van der Waals surface area contributed by atoms with Gasteiger partial charge in [0.15, 0.2) is 0 Å². The Bertz CT molecular complexity index is 888. The summed E-state index contributed by atoms with van der Waals surface area (Å²) >= 11 is 8.17. The molecular formula is C18H19ClN4S. The first-order chi connectivity index (χ1) is 11.6. The zero-order chi connectivity index (χ0) is 17.1. The minimum atomic E-state index is 0.616. The Labute approximate surface area is 150 Å². The Balaban J connectivity index is 1.92. The number of rotatable bonds is 5. The second-order valence-corrected chi connectivity index (χ2v) is 6.89. The summed E-state index contributed by atoms with van der Waals surface area (Å²) in [5.74, 6) is 0. The zero-order valence-electron chi connectivity index (χ0n) is 13.9. The van der Waals surface area contributed by atoms with Crippen molar-refractivity contribution >= 4 is 56.6 Å². The van der Waals surface area contributed by atoms with E-state index in [0.29, 0.717) is 5.02 Å². The molecule has 3 rings (SSSR count). The molecule has 1 N–H and O–H groups in total. The van der Waals surface area contributed by atoms with Gasteiger partial charge in [-0.05, 0) is 49.7 Å². The van der Waals surface area contributed by atoms with Crippen LogP contribution in [0.3, 0.4) is 0 Å². The number of nitrogens with zero attached hydrogens (tertiary/aromatic N) is 3. The molecule has 0 bridgehead atoms. The maximum absolute atomic E-state index is 6.55. The highest BCUT2D eigenvalue weighted by Crippen LogP contribution is 2.36. The molecule has 0 fully saturated rings. The van der Waals surface area contributed by atoms with Crippen molar-refractivity contribution in [1.82, 2.24) is 9.88 Å². The van der Waals surface area contributed by atoms with E-state index >= 15 is 0 Å². The number of aryl methyl sites for hydroxylation is 1. The SMILES string of the molecule is CCN(C)C=Nc1cc(C)cc(Nc2ccc3ncsc3c2)c1Cl. The Kier molecular flexibility index (Phi) is 5.02. The molecule has 2 aromatic carbocycles. The standard InChI is InChI=1S/C18H19ClN4S/c1-4-23(3)10-20-15-7-12(2)8-16(18(15)19)22-13-5-6-14-17(9-13)24-11-21-14/h5-11,22H,4H2,1-3H3. The summed E-state index contributed by atoms with van der Waals surface area (Å²) in [6, 6.07) is 10.1. The van der Waals surface area contributed by atoms with E-state index in [-0.39, 0.29) is 0 Å². The van der Waals surface area contributed by atoms with Gasteiger partial charge in [0.25, 0.3) is 0 Å². The van der Waals surface area contributed by atoms with E-state index in [1.54, 1.807) is 17.7 Å². The molecule has 0 amide bonds. The van der Waals surface area contributed by atoms with E-state index in [4.69, 9.17) is 11.6 Å². The van der Waals surface area contributed by atoms with Crippen molar-refractivity contribution in [2.45, 2.75) is 13.8 Å². The third-order valence-electron chi connectivity index (χ3n) is 3.70. The summed E-state index contributed by atoms with van der Waals surface area (Å²) in [5.41, 5.74) is 6.57. The summed E-state index contributed by atoms with van der Waals surface area (Å²) in [6.45, 7) is 5.01. The highest BCUT2D eigenvalue weighted by atomic mass is 35.5. The van der Waals surface area contributed by atoms with Gasteiger partial charge in [-0.1, -0.05) is 11.6 Å². The molecule has 0 aliphatic carbocycles. The van der Waals surface area contributed by atoms with Crippen molar-refractivity contribution in [2.75, 3.05) is 18.9 Å². The molecule has 0 radical (unpaired) electrons. The number of aromatic nitrogens is 1. The molecule has 0 aliphatic rings. The highest BCUT2D eigenvalue weighted by molar-refractivity contribution is 7.16. The van der Waals surface area contributed by atoms with Crippen molar-refractivity contribution < 1.29 is 0 Å². The number of hydrogen-bond acceptors (Lipinski definition) is 4. The van der Waals surface area contributed by atoms with Gasteiger partial charge in [0.2, 0.25) is 0 Å². The molecule has 24 heavy (non-hydrogen) atoms. The molecule has 0 saturated heterocycles. The summed E-state index contributed by atoms with van der Waals surface area (Å²) in [6.07, 6.45) is 1.80. The second kappa shape index (κ2) is 7.20. The van der Waals surface area contributed by atoms with Crippen LogP contribution in [0.1, 0.15) is 12.5 Å². The van der Waals surface area contributed by atoms with Crippen LogP contribution < -0.4 is 5.32 Å². The van der Waals surface area contributed by atoms with Crippen LogP contribution in [0.15, 0.2) is 40.8 Å². The predicted molar refractivity (Wildman–Crippen MR) is 106 cm³/mol. The number of aliphatic imine (C=N–C) groups is 1. The van der Waals surface area contributed by atoms with Gasteiger partial charge in [0.05, 0.1) is 38.5 Å². The maximum atomic E-state index is 6.55. The zero-order valence-corrected chi connectivity index (χ0v) is 15.4. The summed E-state index contributed by atoms with van der Waals surface area (Å²) < 4.78 is 1.14. The van der Waals surface area contributed by atoms with Crippen LogP contribution in [0.25, 0.3) is 10.2 Å². The highest BCUT2D eigenvalue weighted by Gasteiger charge is 2.08. The van der Waals surface area contributed by atoms with Gasteiger partial charge in [0, 0.05) is 19.3 Å². The number of fused-ring (bicyclic) bond motifs is 1. The summed E-state index contributed by atoms with van der Waals surface area (Å²) in [4.78, 5) is 10.8. The van der Waals surface area contributed by atoms with Crippen molar-refractivity contribution in [2.24, 2.45) is 4.99 Å². The Morgan fingerprint density at radius 2 is 2.17 bits per heavy atom. The van der Waals surface area contributed by atoms with E-state index in [1.807, 2.05) is 48.6 Å². The molecular weight excluding hydrogens is 340 g/mol. The van der Waals surface area contributed by atoms with Crippen LogP contribution in [0.4, 0.5) is 17.1 Å². The fraction of sp³-hybridized carbons (Fsp3) is 0.222. The van der Waals surface area contributed by atoms with Crippen LogP contribution in [0.2, 0.25) is 5.02 Å². The number of hydrogen-bond donors (Lipinski definition) is 1. The van der Waals surface area contributed by atoms with E-state index < -0.39 is 0 Å². The fourth-order valence-electron chi connectivity index (χ4n) is 2.27. The number of halogens is 1. The Morgan fingerprint density at radius 3 is 2.96 bits per heavy atom. The molecule has 124 valence electrons. The van der Waals surface area contributed by atoms with Crippen LogP contribution in [0, 0.1) is 6.92 Å². The molecule has 1 heterocycles. The lowest BCUT2D eigenvalue weighted by atomic mass is 10.2. The Morgan fingerprint density at radius 1 is 1.33 bits per heavy atom. The van der Waals surface area contributed by atoms with Crippen molar-refractivity contribution in [3.63, 3.8) is 0 Å². The number of benzene rings is 2. The number of anilines is 2. The van der Waals surface area contributed by atoms with Crippen LogP contribution >= 0.6 is 22.9 Å². The largest absolute Gasteiger partial charge is 0.366 e. The van der Waals surface area contributed by atoms with E-state index in [2.05, 4.69) is 28.3 Å². The number of nitrogens with one attached hydrogen (secondary N) is 1. The summed E-state index contributed by atoms with van der Waals surface area (Å²) in [7, 11) is 1.98. The average Bonchev–Trinajstić information content (AvgIpc) is 3.03. The smallest absolute Gasteiger partial charge is 0.0910 e. The Hall–Kier alpha value is -2.11. The monoisotopic (exact) mass is 358 g/mol. The van der Waals surface area contributed by atoms with Crippen molar-refractivity contribution in [3.05, 3.63) is 46.4 Å². The van der Waals surface area contributed by atoms with E-state index in [9.17, 15) is 0 Å². The normalized spacial score (nSPS) is 11.3. The number of thiazole rings is 1. The minimum Gasteiger partial charge on any atom is -0.366 e. The first kappa shape index (κ1) is 16.7. The lowest BCUT2D eigenvalue weighted by Crippen LogP contribution is -2.14. The van der Waals surface area contributed by atoms with Crippen molar-refractivity contribution in [1.29, 1.82) is 0 Å². The molecule has 1 aromatic heterocycles. The second-order valence-electron chi connectivity index (χ2n) is 5.62. The maximum Gasteiger partial charge on any atom is 0.0910 e. The molecule has 0 saturated carbocycles. The topological polar surface area (TPSA) is 40.5 Å². The van der Waals surface area contributed by atoms with Crippen LogP contribution in [-0.4, -0.2) is 29.8 Å². The average molecular weight is 359 g/mol. The third kappa shape index (κ3) is 3.68. The van der Waals surface area contributed by atoms with Gasteiger partial charge in [-0.2, -0.15) is 0 Å².